The molecule has 0 aliphatic carbocycles. The molecule has 3 aromatic rings. The number of aryl methyl sites for hydroxylation is 2. The normalized spacial score (nSPS) is 11.5. The molecule has 0 fully saturated rings. The number of rotatable bonds is 4. The Balaban J connectivity index is 1.96. The SMILES string of the molecule is Cc1ccnc(-n2nccc2NS(=O)(=O)c2cnn(C)c2)c1. The highest BCUT2D eigenvalue weighted by molar-refractivity contribution is 7.92. The summed E-state index contributed by atoms with van der Waals surface area (Å²) in [7, 11) is -2.07. The van der Waals surface area contributed by atoms with Crippen LogP contribution in [0.4, 0.5) is 5.82 Å². The highest BCUT2D eigenvalue weighted by Gasteiger charge is 2.19. The first-order valence-corrected chi connectivity index (χ1v) is 7.92. The third-order valence-corrected chi connectivity index (χ3v) is 4.30. The molecule has 0 saturated carbocycles. The Morgan fingerprint density at radius 3 is 2.68 bits per heavy atom. The smallest absolute Gasteiger partial charge is 0.266 e. The number of anilines is 1. The fraction of sp³-hybridized carbons (Fsp3) is 0.154. The van der Waals surface area contributed by atoms with Crippen molar-refractivity contribution in [2.45, 2.75) is 11.8 Å². The zero-order valence-electron chi connectivity index (χ0n) is 12.0. The van der Waals surface area contributed by atoms with Gasteiger partial charge in [-0.15, -0.1) is 0 Å². The van der Waals surface area contributed by atoms with Crippen LogP contribution < -0.4 is 4.72 Å². The summed E-state index contributed by atoms with van der Waals surface area (Å²) in [5.74, 6) is 0.843. The molecule has 0 unspecified atom stereocenters. The van der Waals surface area contributed by atoms with E-state index in [1.165, 1.54) is 28.0 Å². The number of nitrogens with one attached hydrogen (secondary N) is 1. The van der Waals surface area contributed by atoms with E-state index in [9.17, 15) is 8.42 Å². The Kier molecular flexibility index (Phi) is 3.41. The maximum Gasteiger partial charge on any atom is 0.266 e. The Bertz CT molecular complexity index is 912. The zero-order valence-corrected chi connectivity index (χ0v) is 12.8. The highest BCUT2D eigenvalue weighted by Crippen LogP contribution is 2.18. The molecule has 22 heavy (non-hydrogen) atoms. The highest BCUT2D eigenvalue weighted by atomic mass is 32.2. The zero-order chi connectivity index (χ0) is 15.7. The Morgan fingerprint density at radius 1 is 1.18 bits per heavy atom. The second kappa shape index (κ2) is 5.26. The standard InChI is InChI=1S/C13H14N6O2S/c1-10-3-5-14-13(7-10)19-12(4-6-15-19)17-22(20,21)11-8-16-18(2)9-11/h3-9,17H,1-2H3. The molecule has 0 radical (unpaired) electrons. The van der Waals surface area contributed by atoms with E-state index in [0.717, 1.165) is 5.56 Å². The lowest BCUT2D eigenvalue weighted by Crippen LogP contribution is -2.16. The predicted molar refractivity (Wildman–Crippen MR) is 80.1 cm³/mol. The number of hydrogen-bond acceptors (Lipinski definition) is 5. The van der Waals surface area contributed by atoms with Gasteiger partial charge in [0, 0.05) is 25.5 Å². The number of sulfonamides is 1. The van der Waals surface area contributed by atoms with Gasteiger partial charge in [-0.25, -0.2) is 13.4 Å². The first kappa shape index (κ1) is 14.3. The van der Waals surface area contributed by atoms with Gasteiger partial charge in [0.1, 0.15) is 10.7 Å². The molecule has 8 nitrogen and oxygen atoms in total. The Labute approximate surface area is 127 Å². The van der Waals surface area contributed by atoms with Gasteiger partial charge < -0.3 is 0 Å². The van der Waals surface area contributed by atoms with Gasteiger partial charge in [0.15, 0.2) is 5.82 Å². The van der Waals surface area contributed by atoms with Crippen molar-refractivity contribution in [3.63, 3.8) is 0 Å². The number of aromatic nitrogens is 5. The van der Waals surface area contributed by atoms with Crippen LogP contribution in [0, 0.1) is 6.92 Å². The lowest BCUT2D eigenvalue weighted by molar-refractivity contribution is 0.600. The van der Waals surface area contributed by atoms with Crippen molar-refractivity contribution >= 4 is 15.8 Å². The minimum Gasteiger partial charge on any atom is -0.274 e. The second-order valence-electron chi connectivity index (χ2n) is 4.77. The van der Waals surface area contributed by atoms with Gasteiger partial charge in [0.2, 0.25) is 0 Å². The van der Waals surface area contributed by atoms with Gasteiger partial charge in [-0.05, 0) is 24.6 Å². The summed E-state index contributed by atoms with van der Waals surface area (Å²) in [5.41, 5.74) is 1.00. The van der Waals surface area contributed by atoms with Gasteiger partial charge in [-0.1, -0.05) is 0 Å². The van der Waals surface area contributed by atoms with Gasteiger partial charge in [-0.2, -0.15) is 14.9 Å². The van der Waals surface area contributed by atoms with Crippen molar-refractivity contribution in [2.24, 2.45) is 7.05 Å². The minimum absolute atomic E-state index is 0.0833. The third-order valence-electron chi connectivity index (χ3n) is 2.99. The molecular weight excluding hydrogens is 304 g/mol. The largest absolute Gasteiger partial charge is 0.274 e. The van der Waals surface area contributed by atoms with Gasteiger partial charge >= 0.3 is 0 Å². The van der Waals surface area contributed by atoms with Crippen LogP contribution >= 0.6 is 0 Å². The topological polar surface area (TPSA) is 94.7 Å². The molecule has 0 amide bonds. The van der Waals surface area contributed by atoms with Crippen molar-refractivity contribution < 1.29 is 8.42 Å². The molecule has 114 valence electrons. The summed E-state index contributed by atoms with van der Waals surface area (Å²) in [4.78, 5) is 4.28. The van der Waals surface area contributed by atoms with E-state index >= 15 is 0 Å². The van der Waals surface area contributed by atoms with E-state index in [4.69, 9.17) is 0 Å². The summed E-state index contributed by atoms with van der Waals surface area (Å²) in [5, 5.41) is 7.98. The van der Waals surface area contributed by atoms with Gasteiger partial charge in [0.05, 0.1) is 12.4 Å². The average molecular weight is 318 g/mol. The van der Waals surface area contributed by atoms with Crippen LogP contribution in [0.1, 0.15) is 5.56 Å². The van der Waals surface area contributed by atoms with Crippen LogP contribution in [0.2, 0.25) is 0 Å². The van der Waals surface area contributed by atoms with Crippen molar-refractivity contribution in [3.8, 4) is 5.82 Å². The van der Waals surface area contributed by atoms with Gasteiger partial charge in [0.25, 0.3) is 10.0 Å². The first-order chi connectivity index (χ1) is 10.5. The van der Waals surface area contributed by atoms with Crippen molar-refractivity contribution in [2.75, 3.05) is 4.72 Å². The van der Waals surface area contributed by atoms with E-state index < -0.39 is 10.0 Å². The van der Waals surface area contributed by atoms with Crippen molar-refractivity contribution in [1.29, 1.82) is 0 Å². The average Bonchev–Trinajstić information content (AvgIpc) is 3.07. The molecule has 3 heterocycles. The van der Waals surface area contributed by atoms with E-state index in [1.54, 1.807) is 19.3 Å². The van der Waals surface area contributed by atoms with Crippen molar-refractivity contribution in [1.82, 2.24) is 24.5 Å². The molecule has 0 atom stereocenters. The molecule has 1 N–H and O–H groups in total. The molecular formula is C13H14N6O2S. The summed E-state index contributed by atoms with van der Waals surface area (Å²) < 4.78 is 30.0. The quantitative estimate of drug-likeness (QED) is 0.777. The molecule has 0 bridgehead atoms. The number of pyridine rings is 1. The summed E-state index contributed by atoms with van der Waals surface area (Å²) in [6.45, 7) is 1.92. The van der Waals surface area contributed by atoms with E-state index in [2.05, 4.69) is 19.9 Å². The fourth-order valence-electron chi connectivity index (χ4n) is 1.93. The minimum atomic E-state index is -3.72. The molecule has 0 saturated heterocycles. The Hall–Kier alpha value is -2.68. The molecule has 0 aliphatic heterocycles. The molecule has 3 rings (SSSR count). The van der Waals surface area contributed by atoms with E-state index in [1.807, 2.05) is 19.1 Å². The predicted octanol–water partition coefficient (Wildman–Crippen LogP) is 1.11. The van der Waals surface area contributed by atoms with Crippen LogP contribution in [-0.4, -0.2) is 33.0 Å². The maximum atomic E-state index is 12.3. The molecule has 0 aromatic carbocycles. The molecule has 0 aliphatic rings. The number of nitrogens with zero attached hydrogens (tertiary/aromatic N) is 5. The van der Waals surface area contributed by atoms with E-state index in [0.29, 0.717) is 11.6 Å². The first-order valence-electron chi connectivity index (χ1n) is 6.44. The van der Waals surface area contributed by atoms with Crippen LogP contribution in [-0.2, 0) is 17.1 Å². The summed E-state index contributed by atoms with van der Waals surface area (Å²) in [6.07, 6.45) is 5.86. The fourth-order valence-corrected chi connectivity index (χ4v) is 2.96. The maximum absolute atomic E-state index is 12.3. The van der Waals surface area contributed by atoms with Crippen molar-refractivity contribution in [3.05, 3.63) is 48.5 Å². The monoisotopic (exact) mass is 318 g/mol. The second-order valence-corrected chi connectivity index (χ2v) is 6.46. The summed E-state index contributed by atoms with van der Waals surface area (Å²) in [6, 6.07) is 5.24. The molecule has 3 aromatic heterocycles. The van der Waals surface area contributed by atoms with E-state index in [-0.39, 0.29) is 4.90 Å². The lowest BCUT2D eigenvalue weighted by atomic mass is 10.3. The Morgan fingerprint density at radius 2 is 2.00 bits per heavy atom. The lowest BCUT2D eigenvalue weighted by Gasteiger charge is -2.09. The summed E-state index contributed by atoms with van der Waals surface area (Å²) >= 11 is 0. The molecule has 0 spiro atoms. The third kappa shape index (κ3) is 2.70. The molecule has 9 heteroatoms. The van der Waals surface area contributed by atoms with Crippen LogP contribution in [0.5, 0.6) is 0 Å². The van der Waals surface area contributed by atoms with Crippen LogP contribution in [0.25, 0.3) is 5.82 Å². The van der Waals surface area contributed by atoms with Crippen LogP contribution in [0.3, 0.4) is 0 Å². The van der Waals surface area contributed by atoms with Crippen LogP contribution in [0.15, 0.2) is 47.9 Å². The number of hydrogen-bond donors (Lipinski definition) is 1. The van der Waals surface area contributed by atoms with Gasteiger partial charge in [-0.3, -0.25) is 9.40 Å².